The highest BCUT2D eigenvalue weighted by Crippen LogP contribution is 2.36. The summed E-state index contributed by atoms with van der Waals surface area (Å²) in [5.41, 5.74) is 5.37. The molecule has 24 heavy (non-hydrogen) atoms. The standard InChI is InChI=1S/C15H24N2O5S2/c1-12-4-5-13(22-3)14(10-12)24(20,21)17(8-7-16)15(2)6-9-23(18,19)11-15/h4-5,10H,6-9,11,16H2,1-3H3/t15-/m1/s1. The monoisotopic (exact) mass is 376 g/mol. The molecule has 0 spiro atoms. The maximum atomic E-state index is 13.3. The summed E-state index contributed by atoms with van der Waals surface area (Å²) in [4.78, 5) is 0.0315. The molecule has 0 radical (unpaired) electrons. The van der Waals surface area contributed by atoms with Gasteiger partial charge in [0.25, 0.3) is 0 Å². The summed E-state index contributed by atoms with van der Waals surface area (Å²) in [6.07, 6.45) is 0.253. The van der Waals surface area contributed by atoms with E-state index in [-0.39, 0.29) is 41.7 Å². The SMILES string of the molecule is COc1ccc(C)cc1S(=O)(=O)N(CCN)[C@]1(C)CCS(=O)(=O)C1. The van der Waals surface area contributed by atoms with E-state index >= 15 is 0 Å². The van der Waals surface area contributed by atoms with Crippen molar-refractivity contribution in [2.75, 3.05) is 31.7 Å². The fraction of sp³-hybridized carbons (Fsp3) is 0.600. The first kappa shape index (κ1) is 19.2. The fourth-order valence-electron chi connectivity index (χ4n) is 3.09. The van der Waals surface area contributed by atoms with Gasteiger partial charge in [-0.05, 0) is 38.0 Å². The molecule has 0 amide bonds. The number of nitrogens with two attached hydrogens (primary N) is 1. The molecule has 1 atom stereocenters. The van der Waals surface area contributed by atoms with Crippen LogP contribution >= 0.6 is 0 Å². The Kier molecular flexibility index (Phi) is 5.29. The minimum Gasteiger partial charge on any atom is -0.495 e. The lowest BCUT2D eigenvalue weighted by molar-refractivity contribution is 0.237. The van der Waals surface area contributed by atoms with Crippen LogP contribution in [0.25, 0.3) is 0 Å². The van der Waals surface area contributed by atoms with Crippen LogP contribution < -0.4 is 10.5 Å². The number of methoxy groups -OCH3 is 1. The lowest BCUT2D eigenvalue weighted by Crippen LogP contribution is -2.52. The van der Waals surface area contributed by atoms with Crippen LogP contribution in [0.2, 0.25) is 0 Å². The summed E-state index contributed by atoms with van der Waals surface area (Å²) in [5.74, 6) is 0.00497. The smallest absolute Gasteiger partial charge is 0.247 e. The van der Waals surface area contributed by atoms with Crippen molar-refractivity contribution < 1.29 is 21.6 Å². The number of sulfonamides is 1. The van der Waals surface area contributed by atoms with E-state index in [1.807, 2.05) is 0 Å². The predicted molar refractivity (Wildman–Crippen MR) is 92.4 cm³/mol. The Bertz CT molecular complexity index is 820. The Morgan fingerprint density at radius 2 is 2.04 bits per heavy atom. The summed E-state index contributed by atoms with van der Waals surface area (Å²) >= 11 is 0. The summed E-state index contributed by atoms with van der Waals surface area (Å²) < 4.78 is 56.8. The molecule has 0 unspecified atom stereocenters. The van der Waals surface area contributed by atoms with E-state index in [0.717, 1.165) is 5.56 Å². The summed E-state index contributed by atoms with van der Waals surface area (Å²) in [6.45, 7) is 3.59. The third-order valence-corrected chi connectivity index (χ3v) is 8.27. The first-order valence-corrected chi connectivity index (χ1v) is 10.9. The third-order valence-electron chi connectivity index (χ3n) is 4.30. The largest absolute Gasteiger partial charge is 0.495 e. The highest BCUT2D eigenvalue weighted by atomic mass is 32.2. The number of benzene rings is 1. The van der Waals surface area contributed by atoms with Gasteiger partial charge in [-0.2, -0.15) is 4.31 Å². The van der Waals surface area contributed by atoms with Crippen molar-refractivity contribution in [2.45, 2.75) is 30.7 Å². The molecular formula is C15H24N2O5S2. The van der Waals surface area contributed by atoms with Crippen LogP contribution in [0, 0.1) is 6.92 Å². The van der Waals surface area contributed by atoms with E-state index < -0.39 is 25.4 Å². The van der Waals surface area contributed by atoms with Gasteiger partial charge >= 0.3 is 0 Å². The second kappa shape index (κ2) is 6.62. The molecule has 0 bridgehead atoms. The number of sulfone groups is 1. The molecule has 2 N–H and O–H groups in total. The van der Waals surface area contributed by atoms with Crippen molar-refractivity contribution >= 4 is 19.9 Å². The Hall–Kier alpha value is -1.16. The topological polar surface area (TPSA) is 107 Å². The maximum Gasteiger partial charge on any atom is 0.247 e. The normalized spacial score (nSPS) is 23.5. The number of ether oxygens (including phenoxy) is 1. The molecule has 2 rings (SSSR count). The average Bonchev–Trinajstić information content (AvgIpc) is 2.78. The molecular weight excluding hydrogens is 352 g/mol. The molecule has 0 saturated carbocycles. The molecule has 0 aromatic heterocycles. The van der Waals surface area contributed by atoms with Gasteiger partial charge in [0, 0.05) is 18.6 Å². The number of aryl methyl sites for hydroxylation is 1. The number of hydrogen-bond donors (Lipinski definition) is 1. The summed E-state index contributed by atoms with van der Waals surface area (Å²) in [6, 6.07) is 4.88. The van der Waals surface area contributed by atoms with Crippen molar-refractivity contribution in [2.24, 2.45) is 5.73 Å². The van der Waals surface area contributed by atoms with Gasteiger partial charge in [0.05, 0.1) is 18.6 Å². The van der Waals surface area contributed by atoms with Gasteiger partial charge in [0.15, 0.2) is 9.84 Å². The molecule has 7 nitrogen and oxygen atoms in total. The molecule has 136 valence electrons. The molecule has 1 aromatic carbocycles. The fourth-order valence-corrected chi connectivity index (χ4v) is 7.38. The van der Waals surface area contributed by atoms with Gasteiger partial charge < -0.3 is 10.5 Å². The van der Waals surface area contributed by atoms with E-state index in [4.69, 9.17) is 10.5 Å². The number of nitrogens with zero attached hydrogens (tertiary/aromatic N) is 1. The average molecular weight is 377 g/mol. The molecule has 9 heteroatoms. The quantitative estimate of drug-likeness (QED) is 0.776. The van der Waals surface area contributed by atoms with E-state index in [9.17, 15) is 16.8 Å². The Balaban J connectivity index is 2.57. The Labute approximate surface area is 143 Å². The van der Waals surface area contributed by atoms with Gasteiger partial charge in [-0.25, -0.2) is 16.8 Å². The first-order chi connectivity index (χ1) is 11.1. The van der Waals surface area contributed by atoms with Crippen LogP contribution in [0.3, 0.4) is 0 Å². The molecule has 1 aromatic rings. The van der Waals surface area contributed by atoms with Gasteiger partial charge in [-0.1, -0.05) is 6.07 Å². The highest BCUT2D eigenvalue weighted by Gasteiger charge is 2.48. The molecule has 1 saturated heterocycles. The van der Waals surface area contributed by atoms with Crippen molar-refractivity contribution in [3.05, 3.63) is 23.8 Å². The maximum absolute atomic E-state index is 13.3. The minimum absolute atomic E-state index is 0.0228. The molecule has 1 heterocycles. The predicted octanol–water partition coefficient (Wildman–Crippen LogP) is 0.530. The summed E-state index contributed by atoms with van der Waals surface area (Å²) in [7, 11) is -5.82. The molecule has 1 aliphatic heterocycles. The van der Waals surface area contributed by atoms with Crippen molar-refractivity contribution in [1.29, 1.82) is 0 Å². The first-order valence-electron chi connectivity index (χ1n) is 7.64. The van der Waals surface area contributed by atoms with Crippen LogP contribution in [-0.2, 0) is 19.9 Å². The van der Waals surface area contributed by atoms with E-state index in [1.165, 1.54) is 17.5 Å². The molecule has 1 aliphatic rings. The summed E-state index contributed by atoms with van der Waals surface area (Å²) in [5, 5.41) is 0. The lowest BCUT2D eigenvalue weighted by atomic mass is 10.0. The van der Waals surface area contributed by atoms with Gasteiger partial charge in [-0.15, -0.1) is 0 Å². The van der Waals surface area contributed by atoms with Gasteiger partial charge in [-0.3, -0.25) is 0 Å². The zero-order valence-corrected chi connectivity index (χ0v) is 15.8. The van der Waals surface area contributed by atoms with Crippen LogP contribution in [-0.4, -0.2) is 58.4 Å². The van der Waals surface area contributed by atoms with Crippen molar-refractivity contribution in [3.8, 4) is 5.75 Å². The zero-order valence-electron chi connectivity index (χ0n) is 14.1. The second-order valence-electron chi connectivity index (χ2n) is 6.36. The van der Waals surface area contributed by atoms with Crippen molar-refractivity contribution in [3.63, 3.8) is 0 Å². The van der Waals surface area contributed by atoms with Gasteiger partial charge in [0.2, 0.25) is 10.0 Å². The van der Waals surface area contributed by atoms with E-state index in [2.05, 4.69) is 0 Å². The number of rotatable bonds is 6. The van der Waals surface area contributed by atoms with Crippen LogP contribution in [0.1, 0.15) is 18.9 Å². The molecule has 1 fully saturated rings. The highest BCUT2D eigenvalue weighted by molar-refractivity contribution is 7.92. The van der Waals surface area contributed by atoms with Crippen LogP contribution in [0.4, 0.5) is 0 Å². The van der Waals surface area contributed by atoms with Crippen LogP contribution in [0.5, 0.6) is 5.75 Å². The third kappa shape index (κ3) is 3.58. The number of hydrogen-bond acceptors (Lipinski definition) is 6. The Morgan fingerprint density at radius 1 is 1.38 bits per heavy atom. The second-order valence-corrected chi connectivity index (χ2v) is 10.4. The van der Waals surface area contributed by atoms with Gasteiger partial charge in [0.1, 0.15) is 10.6 Å². The van der Waals surface area contributed by atoms with E-state index in [0.29, 0.717) is 0 Å². The van der Waals surface area contributed by atoms with Crippen LogP contribution in [0.15, 0.2) is 23.1 Å². The zero-order chi connectivity index (χ0) is 18.2. The minimum atomic E-state index is -3.96. The Morgan fingerprint density at radius 3 is 2.54 bits per heavy atom. The molecule has 0 aliphatic carbocycles. The van der Waals surface area contributed by atoms with Crippen molar-refractivity contribution in [1.82, 2.24) is 4.31 Å². The lowest BCUT2D eigenvalue weighted by Gasteiger charge is -2.36. The van der Waals surface area contributed by atoms with E-state index in [1.54, 1.807) is 26.0 Å².